The van der Waals surface area contributed by atoms with Gasteiger partial charge < -0.3 is 23.8 Å². The molecule has 90 valence electrons. The maximum absolute atomic E-state index is 6.03. The summed E-state index contributed by atoms with van der Waals surface area (Å²) < 4.78 is 0. The van der Waals surface area contributed by atoms with E-state index in [1.165, 1.54) is 10.8 Å². The van der Waals surface area contributed by atoms with Crippen LogP contribution in [-0.2, 0) is 0 Å². The molecule has 4 heteroatoms. The number of nitrogens with two attached hydrogens (primary N) is 2. The van der Waals surface area contributed by atoms with Crippen molar-refractivity contribution in [1.82, 2.24) is 12.3 Å². The van der Waals surface area contributed by atoms with Gasteiger partial charge in [-0.1, -0.05) is 36.4 Å². The predicted molar refractivity (Wildman–Crippen MR) is 74.4 cm³/mol. The predicted octanol–water partition coefficient (Wildman–Crippen LogP) is 2.77. The van der Waals surface area contributed by atoms with Gasteiger partial charge in [0, 0.05) is 17.3 Å². The van der Waals surface area contributed by atoms with E-state index in [0.717, 1.165) is 16.8 Å². The fraction of sp³-hybridized carbons (Fsp3) is 0.0769. The molecule has 2 aromatic carbocycles. The van der Waals surface area contributed by atoms with Crippen molar-refractivity contribution in [2.45, 2.75) is 6.04 Å². The number of rotatable bonds is 0. The van der Waals surface area contributed by atoms with Crippen molar-refractivity contribution in [3.05, 3.63) is 47.5 Å². The van der Waals surface area contributed by atoms with E-state index in [4.69, 9.17) is 11.5 Å². The standard InChI is InChI=1S/C13H12N2.2H3N/c14-11-6-4-8-2-1-3-9-12(15)7-5-10(11)13(8)9;;/h1-7,12H,14-15H2;2*1H3. The lowest BCUT2D eigenvalue weighted by Crippen LogP contribution is -2.11. The summed E-state index contributed by atoms with van der Waals surface area (Å²) in [6.45, 7) is 0. The van der Waals surface area contributed by atoms with Crippen molar-refractivity contribution < 1.29 is 0 Å². The first-order valence-corrected chi connectivity index (χ1v) is 5.02. The molecule has 0 saturated carbocycles. The van der Waals surface area contributed by atoms with Crippen LogP contribution >= 0.6 is 0 Å². The number of hydrogen-bond donors (Lipinski definition) is 4. The molecule has 0 amide bonds. The Labute approximate surface area is 100 Å². The SMILES string of the molecule is N.N.Nc1ccc2cccc3c2c1C=CC3N. The van der Waals surface area contributed by atoms with Crippen LogP contribution < -0.4 is 23.8 Å². The van der Waals surface area contributed by atoms with Gasteiger partial charge in [0.2, 0.25) is 0 Å². The van der Waals surface area contributed by atoms with Crippen molar-refractivity contribution in [3.8, 4) is 0 Å². The van der Waals surface area contributed by atoms with Gasteiger partial charge in [0.05, 0.1) is 0 Å². The highest BCUT2D eigenvalue weighted by Gasteiger charge is 2.15. The molecule has 0 aromatic heterocycles. The summed E-state index contributed by atoms with van der Waals surface area (Å²) in [5, 5.41) is 2.41. The van der Waals surface area contributed by atoms with Gasteiger partial charge in [-0.15, -0.1) is 0 Å². The van der Waals surface area contributed by atoms with Gasteiger partial charge in [-0.25, -0.2) is 0 Å². The lowest BCUT2D eigenvalue weighted by atomic mass is 9.90. The van der Waals surface area contributed by atoms with Gasteiger partial charge in [0.15, 0.2) is 0 Å². The molecule has 3 rings (SSSR count). The van der Waals surface area contributed by atoms with E-state index >= 15 is 0 Å². The summed E-state index contributed by atoms with van der Waals surface area (Å²) in [7, 11) is 0. The Balaban J connectivity index is 0.000000722. The molecule has 0 saturated heterocycles. The molecule has 2 aromatic rings. The average Bonchev–Trinajstić information content (AvgIpc) is 2.26. The van der Waals surface area contributed by atoms with E-state index in [9.17, 15) is 0 Å². The summed E-state index contributed by atoms with van der Waals surface area (Å²) in [5.74, 6) is 0. The van der Waals surface area contributed by atoms with Crippen LogP contribution in [-0.4, -0.2) is 0 Å². The minimum absolute atomic E-state index is 0. The zero-order chi connectivity index (χ0) is 10.4. The number of nitrogen functional groups attached to an aromatic ring is 1. The zero-order valence-electron chi connectivity index (χ0n) is 9.69. The van der Waals surface area contributed by atoms with Crippen LogP contribution in [0.15, 0.2) is 36.4 Å². The average molecular weight is 230 g/mol. The molecular formula is C13H18N4. The second kappa shape index (κ2) is 4.55. The van der Waals surface area contributed by atoms with E-state index in [2.05, 4.69) is 12.1 Å². The minimum Gasteiger partial charge on any atom is -0.398 e. The molecule has 0 fully saturated rings. The normalized spacial score (nSPS) is 16.2. The van der Waals surface area contributed by atoms with Gasteiger partial charge >= 0.3 is 0 Å². The van der Waals surface area contributed by atoms with Crippen LogP contribution in [0.2, 0.25) is 0 Å². The van der Waals surface area contributed by atoms with Gasteiger partial charge in [0.25, 0.3) is 0 Å². The highest BCUT2D eigenvalue weighted by Crippen LogP contribution is 2.35. The summed E-state index contributed by atoms with van der Waals surface area (Å²) in [6, 6.07) is 10.2. The molecule has 4 nitrogen and oxygen atoms in total. The van der Waals surface area contributed by atoms with Crippen molar-refractivity contribution in [2.75, 3.05) is 5.73 Å². The molecule has 17 heavy (non-hydrogen) atoms. The second-order valence-electron chi connectivity index (χ2n) is 3.90. The number of anilines is 1. The Morgan fingerprint density at radius 3 is 2.53 bits per heavy atom. The maximum atomic E-state index is 6.03. The highest BCUT2D eigenvalue weighted by atomic mass is 14.6. The lowest BCUT2D eigenvalue weighted by molar-refractivity contribution is 0.922. The summed E-state index contributed by atoms with van der Waals surface area (Å²) >= 11 is 0. The molecule has 0 heterocycles. The molecule has 0 radical (unpaired) electrons. The quantitative estimate of drug-likeness (QED) is 0.519. The first-order valence-electron chi connectivity index (χ1n) is 5.02. The lowest BCUT2D eigenvalue weighted by Gasteiger charge is -2.19. The molecule has 1 unspecified atom stereocenters. The van der Waals surface area contributed by atoms with Crippen molar-refractivity contribution in [1.29, 1.82) is 0 Å². The van der Waals surface area contributed by atoms with Gasteiger partial charge in [0.1, 0.15) is 0 Å². The monoisotopic (exact) mass is 230 g/mol. The fourth-order valence-electron chi connectivity index (χ4n) is 2.21. The molecule has 1 atom stereocenters. The second-order valence-corrected chi connectivity index (χ2v) is 3.90. The van der Waals surface area contributed by atoms with Crippen molar-refractivity contribution in [2.24, 2.45) is 5.73 Å². The first-order chi connectivity index (χ1) is 7.27. The Morgan fingerprint density at radius 1 is 1.00 bits per heavy atom. The molecule has 1 aliphatic carbocycles. The molecular weight excluding hydrogens is 212 g/mol. The van der Waals surface area contributed by atoms with Crippen LogP contribution in [0.25, 0.3) is 16.8 Å². The fourth-order valence-corrected chi connectivity index (χ4v) is 2.21. The van der Waals surface area contributed by atoms with Crippen LogP contribution in [0, 0.1) is 0 Å². The smallest absolute Gasteiger partial charge is 0.0490 e. The van der Waals surface area contributed by atoms with Crippen LogP contribution in [0.3, 0.4) is 0 Å². The van der Waals surface area contributed by atoms with Crippen LogP contribution in [0.1, 0.15) is 17.2 Å². The maximum Gasteiger partial charge on any atom is 0.0490 e. The highest BCUT2D eigenvalue weighted by molar-refractivity contribution is 5.99. The molecule has 10 N–H and O–H groups in total. The third-order valence-electron chi connectivity index (χ3n) is 2.98. The van der Waals surface area contributed by atoms with E-state index in [1.54, 1.807) is 0 Å². The van der Waals surface area contributed by atoms with E-state index < -0.39 is 0 Å². The van der Waals surface area contributed by atoms with E-state index in [0.29, 0.717) is 0 Å². The van der Waals surface area contributed by atoms with E-state index in [1.807, 2.05) is 30.4 Å². The Morgan fingerprint density at radius 2 is 1.76 bits per heavy atom. The van der Waals surface area contributed by atoms with Gasteiger partial charge in [-0.2, -0.15) is 0 Å². The van der Waals surface area contributed by atoms with Gasteiger partial charge in [-0.3, -0.25) is 0 Å². The third-order valence-corrected chi connectivity index (χ3v) is 2.98. The van der Waals surface area contributed by atoms with E-state index in [-0.39, 0.29) is 18.3 Å². The van der Waals surface area contributed by atoms with Crippen molar-refractivity contribution >= 4 is 22.5 Å². The van der Waals surface area contributed by atoms with Crippen molar-refractivity contribution in [3.63, 3.8) is 0 Å². The molecule has 0 aliphatic heterocycles. The minimum atomic E-state index is -0.0111. The Kier molecular flexibility index (Phi) is 3.53. The molecule has 0 spiro atoms. The third kappa shape index (κ3) is 1.78. The summed E-state index contributed by atoms with van der Waals surface area (Å²) in [5.41, 5.74) is 15.1. The summed E-state index contributed by atoms with van der Waals surface area (Å²) in [4.78, 5) is 0. The Bertz CT molecular complexity index is 575. The zero-order valence-corrected chi connectivity index (χ0v) is 9.69. The summed E-state index contributed by atoms with van der Waals surface area (Å²) in [6.07, 6.45) is 4.02. The topological polar surface area (TPSA) is 122 Å². The Hall–Kier alpha value is -1.88. The van der Waals surface area contributed by atoms with Crippen LogP contribution in [0.5, 0.6) is 0 Å². The largest absolute Gasteiger partial charge is 0.398 e. The molecule has 0 bridgehead atoms. The number of hydrogen-bond acceptors (Lipinski definition) is 4. The van der Waals surface area contributed by atoms with Crippen LogP contribution in [0.4, 0.5) is 5.69 Å². The van der Waals surface area contributed by atoms with Gasteiger partial charge in [-0.05, 0) is 22.4 Å². The molecule has 1 aliphatic rings. The first kappa shape index (κ1) is 13.2. The number of benzene rings is 2.